The Bertz CT molecular complexity index is 1850. The second kappa shape index (κ2) is 9.28. The summed E-state index contributed by atoms with van der Waals surface area (Å²) in [5.41, 5.74) is 0.495. The highest BCUT2D eigenvalue weighted by molar-refractivity contribution is 6.03. The number of fused-ring (bicyclic) bond motifs is 2. The topological polar surface area (TPSA) is 167 Å². The van der Waals surface area contributed by atoms with Crippen molar-refractivity contribution in [1.82, 2.24) is 0 Å². The van der Waals surface area contributed by atoms with E-state index in [2.05, 4.69) is 0 Å². The molecule has 0 radical (unpaired) electrons. The van der Waals surface area contributed by atoms with Gasteiger partial charge in [0.1, 0.15) is 57.1 Å². The molecule has 1 aromatic heterocycles. The van der Waals surface area contributed by atoms with Crippen molar-refractivity contribution < 1.29 is 44.2 Å². The first-order valence-corrected chi connectivity index (χ1v) is 12.0. The van der Waals surface area contributed by atoms with E-state index in [1.807, 2.05) is 0 Å². The Morgan fingerprint density at radius 3 is 2.23 bits per heavy atom. The van der Waals surface area contributed by atoms with Crippen LogP contribution in [0.5, 0.6) is 46.0 Å². The molecule has 40 heavy (non-hydrogen) atoms. The van der Waals surface area contributed by atoms with Crippen molar-refractivity contribution >= 4 is 16.8 Å². The number of Topliss-reactive ketones (excluding diaryl/α,β-unsaturated/α-hetero) is 1. The van der Waals surface area contributed by atoms with Gasteiger partial charge in [-0.15, -0.1) is 0 Å². The van der Waals surface area contributed by atoms with E-state index in [0.717, 1.165) is 6.07 Å². The summed E-state index contributed by atoms with van der Waals surface area (Å²) in [5, 5.41) is 50.6. The zero-order valence-corrected chi connectivity index (χ0v) is 20.5. The molecule has 1 aliphatic rings. The predicted octanol–water partition coefficient (Wildman–Crippen LogP) is 5.49. The fourth-order valence-corrected chi connectivity index (χ4v) is 4.62. The fraction of sp³-hybridized carbons (Fsp3) is 0.0667. The van der Waals surface area contributed by atoms with Gasteiger partial charge in [-0.1, -0.05) is 12.1 Å². The molecule has 0 bridgehead atoms. The van der Waals surface area contributed by atoms with Crippen molar-refractivity contribution in [2.75, 3.05) is 0 Å². The lowest BCUT2D eigenvalue weighted by molar-refractivity contribution is 0.0843. The van der Waals surface area contributed by atoms with E-state index in [1.54, 1.807) is 24.3 Å². The van der Waals surface area contributed by atoms with Crippen LogP contribution in [0.2, 0.25) is 0 Å². The Morgan fingerprint density at radius 1 is 0.775 bits per heavy atom. The van der Waals surface area contributed by atoms with Crippen molar-refractivity contribution in [2.45, 2.75) is 12.5 Å². The number of ketones is 1. The number of phenolic OH excluding ortho intramolecular Hbond substituents is 5. The van der Waals surface area contributed by atoms with Crippen LogP contribution in [0, 0.1) is 0 Å². The quantitative estimate of drug-likeness (QED) is 0.197. The van der Waals surface area contributed by atoms with Crippen LogP contribution in [0.1, 0.15) is 28.4 Å². The zero-order chi connectivity index (χ0) is 28.1. The predicted molar refractivity (Wildman–Crippen MR) is 142 cm³/mol. The van der Waals surface area contributed by atoms with Crippen molar-refractivity contribution in [1.29, 1.82) is 0 Å². The minimum Gasteiger partial charge on any atom is -0.508 e. The number of rotatable bonds is 4. The van der Waals surface area contributed by atoms with Crippen molar-refractivity contribution in [2.24, 2.45) is 0 Å². The molecule has 4 aromatic carbocycles. The third-order valence-electron chi connectivity index (χ3n) is 6.54. The first-order chi connectivity index (χ1) is 19.2. The van der Waals surface area contributed by atoms with Gasteiger partial charge in [0.15, 0.2) is 22.7 Å². The zero-order valence-electron chi connectivity index (χ0n) is 20.5. The summed E-state index contributed by atoms with van der Waals surface area (Å²) < 4.78 is 17.3. The highest BCUT2D eigenvalue weighted by Crippen LogP contribution is 2.49. The normalized spacial score (nSPS) is 14.5. The minimum absolute atomic E-state index is 0.00349. The van der Waals surface area contributed by atoms with Gasteiger partial charge in [-0.3, -0.25) is 9.59 Å². The second-order valence-corrected chi connectivity index (χ2v) is 9.21. The van der Waals surface area contributed by atoms with Crippen LogP contribution in [0.3, 0.4) is 0 Å². The molecule has 200 valence electrons. The number of phenols is 5. The number of ether oxygens (including phenoxy) is 2. The van der Waals surface area contributed by atoms with Gasteiger partial charge in [-0.05, 0) is 42.0 Å². The summed E-state index contributed by atoms with van der Waals surface area (Å²) in [6.45, 7) is 0. The number of hydrogen-bond acceptors (Lipinski definition) is 10. The number of carbonyl (C=O) groups is 1. The lowest BCUT2D eigenvalue weighted by Crippen LogP contribution is -2.20. The minimum atomic E-state index is -0.665. The van der Waals surface area contributed by atoms with Crippen molar-refractivity contribution in [3.8, 4) is 57.3 Å². The Labute approximate surface area is 225 Å². The van der Waals surface area contributed by atoms with Crippen LogP contribution >= 0.6 is 0 Å². The molecule has 1 aliphatic heterocycles. The molecule has 5 N–H and O–H groups in total. The Kier molecular flexibility index (Phi) is 5.73. The van der Waals surface area contributed by atoms with Crippen LogP contribution in [0.15, 0.2) is 82.0 Å². The van der Waals surface area contributed by atoms with E-state index in [0.29, 0.717) is 11.1 Å². The average Bonchev–Trinajstić information content (AvgIpc) is 2.90. The number of aromatic hydroxyl groups is 5. The lowest BCUT2D eigenvalue weighted by atomic mass is 9.95. The third kappa shape index (κ3) is 4.27. The SMILES string of the molecule is O=C1C[C@@H](c2ccc(O)cc2)Oc2cc(O)c(Oc3ccc(-c4cc(=O)c5c(O)cc(O)cc5o4)cc3)c(O)c21. The van der Waals surface area contributed by atoms with Crippen LogP contribution in [-0.4, -0.2) is 31.3 Å². The molecule has 10 heteroatoms. The molecule has 0 aliphatic carbocycles. The van der Waals surface area contributed by atoms with Gasteiger partial charge >= 0.3 is 0 Å². The van der Waals surface area contributed by atoms with Crippen LogP contribution in [0.4, 0.5) is 0 Å². The van der Waals surface area contributed by atoms with Crippen molar-refractivity contribution in [3.63, 3.8) is 0 Å². The van der Waals surface area contributed by atoms with Gasteiger partial charge in [0.05, 0.1) is 6.42 Å². The smallest absolute Gasteiger partial charge is 0.211 e. The van der Waals surface area contributed by atoms with Gasteiger partial charge in [0, 0.05) is 29.8 Å². The summed E-state index contributed by atoms with van der Waals surface area (Å²) in [4.78, 5) is 25.5. The van der Waals surface area contributed by atoms with Crippen LogP contribution < -0.4 is 14.9 Å². The maximum Gasteiger partial charge on any atom is 0.211 e. The summed E-state index contributed by atoms with van der Waals surface area (Å²) in [6, 6.07) is 17.0. The summed E-state index contributed by atoms with van der Waals surface area (Å²) >= 11 is 0. The summed E-state index contributed by atoms with van der Waals surface area (Å²) in [7, 11) is 0. The maximum absolute atomic E-state index is 12.9. The molecule has 0 amide bonds. The highest BCUT2D eigenvalue weighted by Gasteiger charge is 2.33. The van der Waals surface area contributed by atoms with Gasteiger partial charge in [-0.2, -0.15) is 0 Å². The molecule has 0 fully saturated rings. The first-order valence-electron chi connectivity index (χ1n) is 12.0. The molecule has 6 rings (SSSR count). The lowest BCUT2D eigenvalue weighted by Gasteiger charge is -2.27. The first kappa shape index (κ1) is 24.7. The molecule has 10 nitrogen and oxygen atoms in total. The van der Waals surface area contributed by atoms with Crippen molar-refractivity contribution in [3.05, 3.63) is 94.1 Å². The Balaban J connectivity index is 1.28. The highest BCUT2D eigenvalue weighted by atomic mass is 16.5. The van der Waals surface area contributed by atoms with E-state index in [4.69, 9.17) is 13.9 Å². The second-order valence-electron chi connectivity index (χ2n) is 9.21. The molecule has 0 saturated carbocycles. The molecule has 0 unspecified atom stereocenters. The largest absolute Gasteiger partial charge is 0.508 e. The monoisotopic (exact) mass is 540 g/mol. The summed E-state index contributed by atoms with van der Waals surface area (Å²) in [5.74, 6) is -2.03. The van der Waals surface area contributed by atoms with Crippen LogP contribution in [0.25, 0.3) is 22.3 Å². The van der Waals surface area contributed by atoms with Gasteiger partial charge in [-0.25, -0.2) is 0 Å². The van der Waals surface area contributed by atoms with E-state index < -0.39 is 34.6 Å². The summed E-state index contributed by atoms with van der Waals surface area (Å²) in [6.07, 6.45) is -0.738. The molecular formula is C30H20O10. The van der Waals surface area contributed by atoms with E-state index >= 15 is 0 Å². The molecule has 5 aromatic rings. The van der Waals surface area contributed by atoms with Gasteiger partial charge in [0.25, 0.3) is 0 Å². The number of benzene rings is 4. The molecule has 0 spiro atoms. The molecule has 0 saturated heterocycles. The average molecular weight is 540 g/mol. The standard InChI is InChI=1S/C30H20O10/c31-16-5-1-14(2-6-16)24-12-21(35)28-26(40-24)13-22(36)30(29(28)37)38-18-7-3-15(4-8-18)23-11-20(34)27-19(33)9-17(32)10-25(27)39-23/h1-11,13,24,31-33,36-37H,12H2/t24-/m0/s1. The van der Waals surface area contributed by atoms with E-state index in [-0.39, 0.29) is 57.5 Å². The Hall–Kier alpha value is -5.64. The maximum atomic E-state index is 12.9. The molecule has 1 atom stereocenters. The van der Waals surface area contributed by atoms with E-state index in [1.165, 1.54) is 42.5 Å². The molecular weight excluding hydrogens is 520 g/mol. The van der Waals surface area contributed by atoms with E-state index in [9.17, 15) is 35.1 Å². The molecule has 2 heterocycles. The van der Waals surface area contributed by atoms with Gasteiger partial charge in [0.2, 0.25) is 5.75 Å². The van der Waals surface area contributed by atoms with Crippen LogP contribution in [-0.2, 0) is 0 Å². The Morgan fingerprint density at radius 2 is 1.50 bits per heavy atom. The third-order valence-corrected chi connectivity index (χ3v) is 6.54. The number of carbonyl (C=O) groups excluding carboxylic acids is 1. The fourth-order valence-electron chi connectivity index (χ4n) is 4.62. The van der Waals surface area contributed by atoms with Gasteiger partial charge < -0.3 is 39.4 Å². The number of hydrogen-bond donors (Lipinski definition) is 5.